The average molecular weight is 256 g/mol. The first-order valence-electron chi connectivity index (χ1n) is 5.10. The number of anilines is 1. The largest absolute Gasteiger partial charge is 0.478 e. The van der Waals surface area contributed by atoms with E-state index in [1.54, 1.807) is 0 Å². The Morgan fingerprint density at radius 2 is 2.06 bits per heavy atom. The first-order valence-corrected chi connectivity index (χ1v) is 6.58. The van der Waals surface area contributed by atoms with Crippen LogP contribution in [-0.4, -0.2) is 25.5 Å². The molecular formula is C10H12N2O4S. The van der Waals surface area contributed by atoms with E-state index in [0.717, 1.165) is 12.8 Å². The molecule has 1 aliphatic carbocycles. The molecule has 1 fully saturated rings. The monoisotopic (exact) mass is 256 g/mol. The summed E-state index contributed by atoms with van der Waals surface area (Å²) in [7, 11) is -3.61. The number of benzene rings is 1. The van der Waals surface area contributed by atoms with Crippen LogP contribution in [0.25, 0.3) is 0 Å². The maximum atomic E-state index is 11.6. The van der Waals surface area contributed by atoms with Gasteiger partial charge in [0.05, 0.1) is 11.3 Å². The lowest BCUT2D eigenvalue weighted by Gasteiger charge is -2.08. The minimum atomic E-state index is -3.61. The summed E-state index contributed by atoms with van der Waals surface area (Å²) in [6, 6.07) is 5.66. The number of carboxylic acid groups (broad SMARTS) is 1. The van der Waals surface area contributed by atoms with Crippen LogP contribution in [0.15, 0.2) is 24.3 Å². The smallest absolute Gasteiger partial charge is 0.335 e. The lowest BCUT2D eigenvalue weighted by atomic mass is 10.2. The second kappa shape index (κ2) is 4.34. The summed E-state index contributed by atoms with van der Waals surface area (Å²) in [6.45, 7) is 0. The number of hydrogen-bond donors (Lipinski definition) is 3. The fraction of sp³-hybridized carbons (Fsp3) is 0.300. The van der Waals surface area contributed by atoms with Gasteiger partial charge in [-0.1, -0.05) is 6.07 Å². The van der Waals surface area contributed by atoms with E-state index in [2.05, 4.69) is 9.44 Å². The van der Waals surface area contributed by atoms with Crippen molar-refractivity contribution in [2.24, 2.45) is 0 Å². The van der Waals surface area contributed by atoms with Crippen LogP contribution in [0.5, 0.6) is 0 Å². The van der Waals surface area contributed by atoms with Crippen LogP contribution >= 0.6 is 0 Å². The van der Waals surface area contributed by atoms with Crippen molar-refractivity contribution < 1.29 is 18.3 Å². The lowest BCUT2D eigenvalue weighted by molar-refractivity contribution is 0.0697. The van der Waals surface area contributed by atoms with Gasteiger partial charge in [-0.25, -0.2) is 4.79 Å². The topological polar surface area (TPSA) is 95.5 Å². The molecule has 0 heterocycles. The number of nitrogens with one attached hydrogen (secondary N) is 2. The maximum absolute atomic E-state index is 11.6. The Kier molecular flexibility index (Phi) is 3.03. The minimum absolute atomic E-state index is 0.00940. The second-order valence-electron chi connectivity index (χ2n) is 3.88. The minimum Gasteiger partial charge on any atom is -0.478 e. The normalized spacial score (nSPS) is 15.5. The van der Waals surface area contributed by atoms with Crippen LogP contribution in [0.4, 0.5) is 5.69 Å². The molecule has 0 radical (unpaired) electrons. The van der Waals surface area contributed by atoms with E-state index in [0.29, 0.717) is 0 Å². The van der Waals surface area contributed by atoms with E-state index in [4.69, 9.17) is 5.11 Å². The van der Waals surface area contributed by atoms with Crippen LogP contribution in [0.1, 0.15) is 23.2 Å². The number of rotatable bonds is 5. The fourth-order valence-electron chi connectivity index (χ4n) is 1.32. The van der Waals surface area contributed by atoms with E-state index in [1.807, 2.05) is 0 Å². The van der Waals surface area contributed by atoms with Gasteiger partial charge in [-0.2, -0.15) is 13.1 Å². The SMILES string of the molecule is O=C(O)c1cccc(NS(=O)(=O)NC2CC2)c1. The second-order valence-corrected chi connectivity index (χ2v) is 5.33. The van der Waals surface area contributed by atoms with Gasteiger partial charge in [0.15, 0.2) is 0 Å². The Morgan fingerprint density at radius 3 is 2.65 bits per heavy atom. The van der Waals surface area contributed by atoms with E-state index in [9.17, 15) is 13.2 Å². The molecule has 6 nitrogen and oxygen atoms in total. The molecule has 1 aromatic carbocycles. The predicted molar refractivity (Wildman–Crippen MR) is 62.1 cm³/mol. The standard InChI is InChI=1S/C10H12N2O4S/c13-10(14)7-2-1-3-9(6-7)12-17(15,16)11-8-4-5-8/h1-3,6,8,11-12H,4-5H2,(H,13,14). The lowest BCUT2D eigenvalue weighted by Crippen LogP contribution is -2.31. The Labute approximate surface area is 98.8 Å². The molecule has 92 valence electrons. The zero-order valence-corrected chi connectivity index (χ0v) is 9.70. The summed E-state index contributed by atoms with van der Waals surface area (Å²) in [5, 5.41) is 8.77. The highest BCUT2D eigenvalue weighted by molar-refractivity contribution is 7.90. The third kappa shape index (κ3) is 3.43. The van der Waals surface area contributed by atoms with Crippen molar-refractivity contribution in [2.75, 3.05) is 4.72 Å². The highest BCUT2D eigenvalue weighted by atomic mass is 32.2. The third-order valence-corrected chi connectivity index (χ3v) is 3.41. The summed E-state index contributed by atoms with van der Waals surface area (Å²) < 4.78 is 27.8. The van der Waals surface area contributed by atoms with Gasteiger partial charge in [-0.15, -0.1) is 0 Å². The van der Waals surface area contributed by atoms with Gasteiger partial charge in [0, 0.05) is 6.04 Å². The van der Waals surface area contributed by atoms with Crippen molar-refractivity contribution in [2.45, 2.75) is 18.9 Å². The van der Waals surface area contributed by atoms with Gasteiger partial charge < -0.3 is 5.11 Å². The number of aromatic carboxylic acids is 1. The molecule has 0 aromatic heterocycles. The Hall–Kier alpha value is -1.60. The molecule has 17 heavy (non-hydrogen) atoms. The van der Waals surface area contributed by atoms with Gasteiger partial charge in [0.2, 0.25) is 0 Å². The maximum Gasteiger partial charge on any atom is 0.335 e. The van der Waals surface area contributed by atoms with Crippen molar-refractivity contribution in [1.82, 2.24) is 4.72 Å². The van der Waals surface area contributed by atoms with E-state index < -0.39 is 16.2 Å². The van der Waals surface area contributed by atoms with Crippen LogP contribution < -0.4 is 9.44 Å². The van der Waals surface area contributed by atoms with Gasteiger partial charge in [-0.05, 0) is 31.0 Å². The van der Waals surface area contributed by atoms with Gasteiger partial charge >= 0.3 is 5.97 Å². The Morgan fingerprint density at radius 1 is 1.35 bits per heavy atom. The van der Waals surface area contributed by atoms with Crippen LogP contribution in [0.3, 0.4) is 0 Å². The van der Waals surface area contributed by atoms with Crippen LogP contribution in [-0.2, 0) is 10.2 Å². The first-order chi connectivity index (χ1) is 7.96. The number of carbonyl (C=O) groups is 1. The molecule has 1 aliphatic rings. The molecule has 3 N–H and O–H groups in total. The average Bonchev–Trinajstić information content (AvgIpc) is 3.00. The molecule has 0 bridgehead atoms. The molecule has 0 amide bonds. The highest BCUT2D eigenvalue weighted by Gasteiger charge is 2.26. The summed E-state index contributed by atoms with van der Waals surface area (Å²) in [5.74, 6) is -1.10. The zero-order chi connectivity index (χ0) is 12.5. The Balaban J connectivity index is 2.12. The summed E-state index contributed by atoms with van der Waals surface area (Å²) in [6.07, 6.45) is 1.69. The molecular weight excluding hydrogens is 244 g/mol. The van der Waals surface area contributed by atoms with Gasteiger partial charge in [0.25, 0.3) is 10.2 Å². The third-order valence-electron chi connectivity index (χ3n) is 2.26. The van der Waals surface area contributed by atoms with E-state index >= 15 is 0 Å². The van der Waals surface area contributed by atoms with Crippen molar-refractivity contribution in [3.05, 3.63) is 29.8 Å². The van der Waals surface area contributed by atoms with Crippen molar-refractivity contribution in [3.8, 4) is 0 Å². The van der Waals surface area contributed by atoms with Crippen molar-refractivity contribution in [1.29, 1.82) is 0 Å². The van der Waals surface area contributed by atoms with Crippen molar-refractivity contribution >= 4 is 21.9 Å². The molecule has 0 atom stereocenters. The van der Waals surface area contributed by atoms with Crippen LogP contribution in [0.2, 0.25) is 0 Å². The highest BCUT2D eigenvalue weighted by Crippen LogP contribution is 2.20. The number of carboxylic acids is 1. The summed E-state index contributed by atoms with van der Waals surface area (Å²) in [5.41, 5.74) is 0.273. The number of hydrogen-bond acceptors (Lipinski definition) is 3. The summed E-state index contributed by atoms with van der Waals surface area (Å²) >= 11 is 0. The van der Waals surface area contributed by atoms with E-state index in [1.165, 1.54) is 24.3 Å². The van der Waals surface area contributed by atoms with Crippen molar-refractivity contribution in [3.63, 3.8) is 0 Å². The molecule has 1 aromatic rings. The van der Waals surface area contributed by atoms with Crippen LogP contribution in [0, 0.1) is 0 Å². The molecule has 1 saturated carbocycles. The quantitative estimate of drug-likeness (QED) is 0.726. The molecule has 0 spiro atoms. The van der Waals surface area contributed by atoms with Gasteiger partial charge in [-0.3, -0.25) is 4.72 Å². The molecule has 0 saturated heterocycles. The molecule has 7 heteroatoms. The van der Waals surface area contributed by atoms with E-state index in [-0.39, 0.29) is 17.3 Å². The molecule has 0 unspecified atom stereocenters. The summed E-state index contributed by atoms with van der Waals surface area (Å²) in [4.78, 5) is 10.7. The molecule has 0 aliphatic heterocycles. The van der Waals surface area contributed by atoms with Gasteiger partial charge in [0.1, 0.15) is 0 Å². The fourth-order valence-corrected chi connectivity index (χ4v) is 2.49. The first kappa shape index (κ1) is 11.9. The Bertz CT molecular complexity index is 537. The predicted octanol–water partition coefficient (Wildman–Crippen LogP) is 0.793. The zero-order valence-electron chi connectivity index (χ0n) is 8.88. The molecule has 2 rings (SSSR count).